The number of hydrogen-bond donors (Lipinski definition) is 1. The molecule has 0 fully saturated rings. The van der Waals surface area contributed by atoms with Crippen molar-refractivity contribution in [2.75, 3.05) is 0 Å². The number of benzene rings is 2. The van der Waals surface area contributed by atoms with Crippen molar-refractivity contribution in [3.8, 4) is 11.5 Å². The Balaban J connectivity index is 1.55. The number of ether oxygens (including phenoxy) is 1. The van der Waals surface area contributed by atoms with Crippen LogP contribution in [0.15, 0.2) is 73.1 Å². The van der Waals surface area contributed by atoms with Gasteiger partial charge in [0.05, 0.1) is 6.20 Å². The predicted octanol–water partition coefficient (Wildman–Crippen LogP) is 4.48. The third-order valence-corrected chi connectivity index (χ3v) is 3.62. The number of carbonyl (C=O) groups is 1. The largest absolute Gasteiger partial charge is 0.453 e. The molecule has 0 radical (unpaired) electrons. The molecule has 3 aromatic rings. The number of rotatable bonds is 6. The van der Waals surface area contributed by atoms with Gasteiger partial charge in [-0.25, -0.2) is 8.78 Å². The van der Waals surface area contributed by atoms with Crippen LogP contribution in [0.2, 0.25) is 0 Å². The summed E-state index contributed by atoms with van der Waals surface area (Å²) in [6.07, 6.45) is 5.99. The number of halogens is 2. The minimum atomic E-state index is -0.535. The van der Waals surface area contributed by atoms with E-state index in [4.69, 9.17) is 4.74 Å². The molecule has 1 heterocycles. The van der Waals surface area contributed by atoms with Crippen molar-refractivity contribution >= 4 is 12.0 Å². The monoisotopic (exact) mass is 366 g/mol. The molecular weight excluding hydrogens is 350 g/mol. The van der Waals surface area contributed by atoms with Gasteiger partial charge in [-0.15, -0.1) is 0 Å². The van der Waals surface area contributed by atoms with Crippen molar-refractivity contribution in [3.05, 3.63) is 95.8 Å². The zero-order valence-corrected chi connectivity index (χ0v) is 14.2. The normalized spacial score (nSPS) is 10.7. The lowest BCUT2D eigenvalue weighted by Gasteiger charge is -2.08. The molecule has 1 aromatic heterocycles. The Morgan fingerprint density at radius 3 is 2.63 bits per heavy atom. The minimum Gasteiger partial charge on any atom is -0.453 e. The van der Waals surface area contributed by atoms with Crippen molar-refractivity contribution in [1.29, 1.82) is 0 Å². The van der Waals surface area contributed by atoms with Crippen LogP contribution in [0.25, 0.3) is 6.08 Å². The first kappa shape index (κ1) is 18.3. The first-order valence-corrected chi connectivity index (χ1v) is 8.18. The van der Waals surface area contributed by atoms with Gasteiger partial charge in [0.2, 0.25) is 5.91 Å². The maximum Gasteiger partial charge on any atom is 0.244 e. The number of nitrogens with one attached hydrogen (secondary N) is 1. The summed E-state index contributed by atoms with van der Waals surface area (Å²) in [6.45, 7) is 0.163. The molecule has 136 valence electrons. The molecule has 0 spiro atoms. The minimum absolute atomic E-state index is 0.0780. The third-order valence-electron chi connectivity index (χ3n) is 3.62. The van der Waals surface area contributed by atoms with Crippen LogP contribution >= 0.6 is 0 Å². The Morgan fingerprint density at radius 2 is 1.93 bits per heavy atom. The maximum absolute atomic E-state index is 14.2. The second kappa shape index (κ2) is 8.71. The van der Waals surface area contributed by atoms with Gasteiger partial charge in [0.1, 0.15) is 11.6 Å². The van der Waals surface area contributed by atoms with Crippen LogP contribution in [0.5, 0.6) is 11.5 Å². The second-order valence-corrected chi connectivity index (χ2v) is 5.66. The van der Waals surface area contributed by atoms with Crippen LogP contribution < -0.4 is 10.1 Å². The molecular formula is C21H16F2N2O2. The highest BCUT2D eigenvalue weighted by atomic mass is 19.1. The summed E-state index contributed by atoms with van der Waals surface area (Å²) >= 11 is 0. The van der Waals surface area contributed by atoms with Gasteiger partial charge in [0.25, 0.3) is 0 Å². The highest BCUT2D eigenvalue weighted by molar-refractivity contribution is 5.91. The van der Waals surface area contributed by atoms with E-state index in [1.165, 1.54) is 36.5 Å². The number of nitrogens with zero attached hydrogens (tertiary/aromatic N) is 1. The first-order valence-electron chi connectivity index (χ1n) is 8.18. The fraction of sp³-hybridized carbons (Fsp3) is 0.0476. The van der Waals surface area contributed by atoms with Gasteiger partial charge in [-0.2, -0.15) is 0 Å². The van der Waals surface area contributed by atoms with Crippen molar-refractivity contribution in [2.45, 2.75) is 6.54 Å². The summed E-state index contributed by atoms with van der Waals surface area (Å²) in [5, 5.41) is 2.66. The molecule has 3 rings (SSSR count). The van der Waals surface area contributed by atoms with Gasteiger partial charge < -0.3 is 10.1 Å². The Kier molecular flexibility index (Phi) is 5.89. The average Bonchev–Trinajstić information content (AvgIpc) is 2.68. The molecule has 0 aliphatic heterocycles. The molecule has 0 saturated heterocycles. The second-order valence-electron chi connectivity index (χ2n) is 5.66. The van der Waals surface area contributed by atoms with E-state index in [-0.39, 0.29) is 24.0 Å². The molecule has 2 aromatic carbocycles. The van der Waals surface area contributed by atoms with Crippen LogP contribution in [-0.2, 0) is 11.3 Å². The van der Waals surface area contributed by atoms with Crippen LogP contribution in [0.1, 0.15) is 11.1 Å². The van der Waals surface area contributed by atoms with Gasteiger partial charge in [-0.05, 0) is 53.6 Å². The average molecular weight is 366 g/mol. The van der Waals surface area contributed by atoms with E-state index >= 15 is 0 Å². The quantitative estimate of drug-likeness (QED) is 0.655. The SMILES string of the molecule is O=C(C=Cc1ccc(F)cc1)NCc1ccc(Oc2cccnc2)c(F)c1. The lowest BCUT2D eigenvalue weighted by molar-refractivity contribution is -0.116. The molecule has 6 heteroatoms. The smallest absolute Gasteiger partial charge is 0.244 e. The number of aromatic nitrogens is 1. The van der Waals surface area contributed by atoms with Gasteiger partial charge >= 0.3 is 0 Å². The van der Waals surface area contributed by atoms with E-state index in [9.17, 15) is 13.6 Å². The number of pyridine rings is 1. The standard InChI is InChI=1S/C21H16F2N2O2/c22-17-7-3-15(4-8-17)6-10-21(26)25-13-16-5-9-20(19(23)12-16)27-18-2-1-11-24-14-18/h1-12,14H,13H2,(H,25,26). The van der Waals surface area contributed by atoms with Crippen molar-refractivity contribution in [3.63, 3.8) is 0 Å². The molecule has 0 aliphatic rings. The summed E-state index contributed by atoms with van der Waals surface area (Å²) < 4.78 is 32.4. The zero-order valence-electron chi connectivity index (χ0n) is 14.2. The number of carbonyl (C=O) groups excluding carboxylic acids is 1. The highest BCUT2D eigenvalue weighted by Gasteiger charge is 2.07. The summed E-state index contributed by atoms with van der Waals surface area (Å²) in [6, 6.07) is 13.6. The zero-order chi connectivity index (χ0) is 19.1. The number of hydrogen-bond acceptors (Lipinski definition) is 3. The van der Waals surface area contributed by atoms with E-state index in [2.05, 4.69) is 10.3 Å². The topological polar surface area (TPSA) is 51.2 Å². The molecule has 0 unspecified atom stereocenters. The molecule has 0 bridgehead atoms. The van der Waals surface area contributed by atoms with Crippen molar-refractivity contribution < 1.29 is 18.3 Å². The fourth-order valence-corrected chi connectivity index (χ4v) is 2.27. The maximum atomic E-state index is 14.2. The Bertz CT molecular complexity index is 942. The Hall–Kier alpha value is -3.54. The van der Waals surface area contributed by atoms with Gasteiger partial charge in [0, 0.05) is 18.8 Å². The lowest BCUT2D eigenvalue weighted by atomic mass is 10.2. The Morgan fingerprint density at radius 1 is 1.11 bits per heavy atom. The summed E-state index contributed by atoms with van der Waals surface area (Å²) in [7, 11) is 0. The summed E-state index contributed by atoms with van der Waals surface area (Å²) in [5.74, 6) is -0.699. The van der Waals surface area contributed by atoms with Gasteiger partial charge in [-0.1, -0.05) is 18.2 Å². The van der Waals surface area contributed by atoms with E-state index in [1.54, 1.807) is 42.6 Å². The van der Waals surface area contributed by atoms with Crippen LogP contribution in [-0.4, -0.2) is 10.9 Å². The third kappa shape index (κ3) is 5.47. The summed E-state index contributed by atoms with van der Waals surface area (Å²) in [4.78, 5) is 15.8. The van der Waals surface area contributed by atoms with E-state index in [0.29, 0.717) is 16.9 Å². The molecule has 27 heavy (non-hydrogen) atoms. The molecule has 1 amide bonds. The Labute approximate surface area is 155 Å². The first-order chi connectivity index (χ1) is 13.1. The summed E-state index contributed by atoms with van der Waals surface area (Å²) in [5.41, 5.74) is 1.30. The van der Waals surface area contributed by atoms with Crippen molar-refractivity contribution in [1.82, 2.24) is 10.3 Å². The van der Waals surface area contributed by atoms with E-state index in [1.807, 2.05) is 0 Å². The molecule has 0 saturated carbocycles. The molecule has 0 atom stereocenters. The molecule has 4 nitrogen and oxygen atoms in total. The highest BCUT2D eigenvalue weighted by Crippen LogP contribution is 2.24. The van der Waals surface area contributed by atoms with Crippen LogP contribution in [0, 0.1) is 11.6 Å². The van der Waals surface area contributed by atoms with Crippen molar-refractivity contribution in [2.24, 2.45) is 0 Å². The number of amides is 1. The van der Waals surface area contributed by atoms with E-state index in [0.717, 1.165) is 0 Å². The molecule has 1 N–H and O–H groups in total. The molecule has 0 aliphatic carbocycles. The van der Waals surface area contributed by atoms with Crippen LogP contribution in [0.3, 0.4) is 0 Å². The van der Waals surface area contributed by atoms with Gasteiger partial charge in [0.15, 0.2) is 11.6 Å². The van der Waals surface area contributed by atoms with Gasteiger partial charge in [-0.3, -0.25) is 9.78 Å². The van der Waals surface area contributed by atoms with E-state index < -0.39 is 5.82 Å². The van der Waals surface area contributed by atoms with Crippen LogP contribution in [0.4, 0.5) is 8.78 Å². The predicted molar refractivity (Wildman–Crippen MR) is 98.0 cm³/mol. The lowest BCUT2D eigenvalue weighted by Crippen LogP contribution is -2.20. The fourth-order valence-electron chi connectivity index (χ4n) is 2.27.